The largest absolute Gasteiger partial charge is 0.489 e. The number of hydrogen-bond acceptors (Lipinski definition) is 3. The summed E-state index contributed by atoms with van der Waals surface area (Å²) in [4.78, 5) is 10.8. The van der Waals surface area contributed by atoms with Crippen LogP contribution in [0.3, 0.4) is 0 Å². The maximum Gasteiger partial charge on any atom is 0.335 e. The number of benzene rings is 2. The quantitative estimate of drug-likeness (QED) is 0.762. The zero-order valence-electron chi connectivity index (χ0n) is 12.5. The summed E-state index contributed by atoms with van der Waals surface area (Å²) in [5, 5.41) is 12.1. The first-order valence-electron chi connectivity index (χ1n) is 7.00. The Hall–Kier alpha value is -2.75. The van der Waals surface area contributed by atoms with Crippen molar-refractivity contribution in [3.05, 3.63) is 71.8 Å². The molecule has 4 heteroatoms. The summed E-state index contributed by atoms with van der Waals surface area (Å²) >= 11 is 0. The minimum absolute atomic E-state index is 0.283. The lowest BCUT2D eigenvalue weighted by molar-refractivity contribution is 0.0697. The molecule has 0 aromatic heterocycles. The number of ether oxygens (including phenoxy) is 1. The van der Waals surface area contributed by atoms with Gasteiger partial charge in [0.2, 0.25) is 0 Å². The highest BCUT2D eigenvalue weighted by Crippen LogP contribution is 2.20. The van der Waals surface area contributed by atoms with Gasteiger partial charge in [-0.05, 0) is 48.4 Å². The third-order valence-corrected chi connectivity index (χ3v) is 3.22. The molecule has 0 saturated heterocycles. The van der Waals surface area contributed by atoms with Crippen LogP contribution in [-0.2, 0) is 6.54 Å². The average Bonchev–Trinajstić information content (AvgIpc) is 2.52. The summed E-state index contributed by atoms with van der Waals surface area (Å²) < 4.78 is 5.55. The van der Waals surface area contributed by atoms with Gasteiger partial charge in [0.05, 0.1) is 5.56 Å². The van der Waals surface area contributed by atoms with Gasteiger partial charge >= 0.3 is 5.97 Å². The molecular weight excluding hydrogens is 278 g/mol. The Morgan fingerprint density at radius 3 is 2.59 bits per heavy atom. The van der Waals surface area contributed by atoms with E-state index >= 15 is 0 Å². The van der Waals surface area contributed by atoms with Gasteiger partial charge in [0.15, 0.2) is 0 Å². The summed E-state index contributed by atoms with van der Waals surface area (Å²) in [5.41, 5.74) is 3.37. The summed E-state index contributed by atoms with van der Waals surface area (Å²) in [5.74, 6) is -0.0632. The van der Waals surface area contributed by atoms with Gasteiger partial charge in [-0.15, -0.1) is 0 Å². The van der Waals surface area contributed by atoms with Crippen LogP contribution in [-0.4, -0.2) is 17.7 Å². The van der Waals surface area contributed by atoms with Crippen LogP contribution >= 0.6 is 0 Å². The molecule has 0 aliphatic carbocycles. The Balaban J connectivity index is 1.97. The van der Waals surface area contributed by atoms with Crippen molar-refractivity contribution in [3.8, 4) is 5.75 Å². The second-order valence-electron chi connectivity index (χ2n) is 4.94. The molecule has 22 heavy (non-hydrogen) atoms. The fourth-order valence-electron chi connectivity index (χ4n) is 2.07. The number of carbonyl (C=O) groups is 1. The highest BCUT2D eigenvalue weighted by Gasteiger charge is 2.03. The van der Waals surface area contributed by atoms with Crippen LogP contribution in [0.1, 0.15) is 21.5 Å². The van der Waals surface area contributed by atoms with E-state index in [0.29, 0.717) is 13.2 Å². The number of carboxylic acid groups (broad SMARTS) is 1. The molecule has 0 unspecified atom stereocenters. The predicted octanol–water partition coefficient (Wildman–Crippen LogP) is 3.87. The van der Waals surface area contributed by atoms with E-state index in [1.54, 1.807) is 30.3 Å². The number of aromatic carboxylic acids is 1. The van der Waals surface area contributed by atoms with Gasteiger partial charge in [-0.25, -0.2) is 4.79 Å². The van der Waals surface area contributed by atoms with E-state index in [2.05, 4.69) is 18.0 Å². The number of nitrogens with one attached hydrogen (secondary N) is 1. The Kier molecular flexibility index (Phi) is 5.20. The Bertz CT molecular complexity index is 663. The summed E-state index contributed by atoms with van der Waals surface area (Å²) in [6, 6.07) is 12.7. The molecule has 2 aromatic carbocycles. The fourth-order valence-corrected chi connectivity index (χ4v) is 2.07. The number of carboxylic acids is 1. The smallest absolute Gasteiger partial charge is 0.335 e. The van der Waals surface area contributed by atoms with Crippen LogP contribution in [0.25, 0.3) is 0 Å². The van der Waals surface area contributed by atoms with E-state index in [-0.39, 0.29) is 5.56 Å². The number of hydrogen-bond donors (Lipinski definition) is 2. The molecule has 0 atom stereocenters. The first-order chi connectivity index (χ1) is 10.6. The van der Waals surface area contributed by atoms with Gasteiger partial charge in [0.25, 0.3) is 0 Å². The van der Waals surface area contributed by atoms with Gasteiger partial charge < -0.3 is 15.2 Å². The zero-order valence-corrected chi connectivity index (χ0v) is 12.5. The van der Waals surface area contributed by atoms with Gasteiger partial charge in [-0.2, -0.15) is 0 Å². The first-order valence-corrected chi connectivity index (χ1v) is 7.00. The van der Waals surface area contributed by atoms with Crippen molar-refractivity contribution in [1.82, 2.24) is 0 Å². The summed E-state index contributed by atoms with van der Waals surface area (Å²) in [6.07, 6.45) is 1.72. The molecule has 0 spiro atoms. The molecule has 0 radical (unpaired) electrons. The predicted molar refractivity (Wildman–Crippen MR) is 87.6 cm³/mol. The SMILES string of the molecule is C=CCOc1ccc(CNc2ccc(C(=O)O)cc2)cc1C. The van der Waals surface area contributed by atoms with Crippen LogP contribution in [0.4, 0.5) is 5.69 Å². The molecule has 0 amide bonds. The molecule has 4 nitrogen and oxygen atoms in total. The van der Waals surface area contributed by atoms with Crippen molar-refractivity contribution < 1.29 is 14.6 Å². The van der Waals surface area contributed by atoms with Crippen LogP contribution < -0.4 is 10.1 Å². The normalized spacial score (nSPS) is 10.0. The fraction of sp³-hybridized carbons (Fsp3) is 0.167. The molecular formula is C18H19NO3. The molecule has 0 bridgehead atoms. The molecule has 0 fully saturated rings. The van der Waals surface area contributed by atoms with E-state index in [4.69, 9.17) is 9.84 Å². The number of anilines is 1. The lowest BCUT2D eigenvalue weighted by atomic mass is 10.1. The van der Waals surface area contributed by atoms with E-state index in [9.17, 15) is 4.79 Å². The highest BCUT2D eigenvalue weighted by molar-refractivity contribution is 5.87. The minimum Gasteiger partial charge on any atom is -0.489 e. The van der Waals surface area contributed by atoms with Crippen molar-refractivity contribution in [2.75, 3.05) is 11.9 Å². The van der Waals surface area contributed by atoms with Gasteiger partial charge in [0, 0.05) is 12.2 Å². The van der Waals surface area contributed by atoms with Crippen molar-refractivity contribution >= 4 is 11.7 Å². The lowest BCUT2D eigenvalue weighted by Crippen LogP contribution is -2.02. The summed E-state index contributed by atoms with van der Waals surface area (Å²) in [6.45, 7) is 6.79. The van der Waals surface area contributed by atoms with Crippen molar-refractivity contribution in [3.63, 3.8) is 0 Å². The molecule has 114 valence electrons. The molecule has 2 rings (SSSR count). The maximum atomic E-state index is 10.8. The zero-order chi connectivity index (χ0) is 15.9. The molecule has 0 aliphatic heterocycles. The van der Waals surface area contributed by atoms with Gasteiger partial charge in [-0.3, -0.25) is 0 Å². The minimum atomic E-state index is -0.919. The third-order valence-electron chi connectivity index (χ3n) is 3.22. The van der Waals surface area contributed by atoms with Gasteiger partial charge in [0.1, 0.15) is 12.4 Å². The Morgan fingerprint density at radius 2 is 2.00 bits per heavy atom. The van der Waals surface area contributed by atoms with E-state index < -0.39 is 5.97 Å². The molecule has 2 aromatic rings. The lowest BCUT2D eigenvalue weighted by Gasteiger charge is -2.11. The van der Waals surface area contributed by atoms with Crippen molar-refractivity contribution in [2.45, 2.75) is 13.5 Å². The van der Waals surface area contributed by atoms with Crippen LogP contribution in [0, 0.1) is 6.92 Å². The van der Waals surface area contributed by atoms with Crippen molar-refractivity contribution in [2.24, 2.45) is 0 Å². The molecule has 0 saturated carbocycles. The third kappa shape index (κ3) is 4.12. The topological polar surface area (TPSA) is 58.6 Å². The van der Waals surface area contributed by atoms with Crippen LogP contribution in [0.15, 0.2) is 55.1 Å². The van der Waals surface area contributed by atoms with E-state index in [1.807, 2.05) is 19.1 Å². The standard InChI is InChI=1S/C18H19NO3/c1-3-10-22-17-9-4-14(11-13(17)2)12-19-16-7-5-15(6-8-16)18(20)21/h3-9,11,19H,1,10,12H2,2H3,(H,20,21). The van der Waals surface area contributed by atoms with Crippen molar-refractivity contribution in [1.29, 1.82) is 0 Å². The Morgan fingerprint density at radius 1 is 1.27 bits per heavy atom. The second kappa shape index (κ2) is 7.31. The molecule has 0 heterocycles. The maximum absolute atomic E-state index is 10.8. The summed E-state index contributed by atoms with van der Waals surface area (Å²) in [7, 11) is 0. The van der Waals surface area contributed by atoms with E-state index in [0.717, 1.165) is 22.6 Å². The molecule has 2 N–H and O–H groups in total. The molecule has 0 aliphatic rings. The number of rotatable bonds is 7. The van der Waals surface area contributed by atoms with Crippen LogP contribution in [0.2, 0.25) is 0 Å². The first kappa shape index (κ1) is 15.6. The van der Waals surface area contributed by atoms with E-state index in [1.165, 1.54) is 0 Å². The monoisotopic (exact) mass is 297 g/mol. The highest BCUT2D eigenvalue weighted by atomic mass is 16.5. The van der Waals surface area contributed by atoms with Crippen LogP contribution in [0.5, 0.6) is 5.75 Å². The number of aryl methyl sites for hydroxylation is 1. The van der Waals surface area contributed by atoms with Gasteiger partial charge in [-0.1, -0.05) is 24.8 Å². The Labute approximate surface area is 130 Å². The second-order valence-corrected chi connectivity index (χ2v) is 4.94. The average molecular weight is 297 g/mol.